The van der Waals surface area contributed by atoms with Crippen molar-refractivity contribution in [3.63, 3.8) is 0 Å². The molecule has 1 unspecified atom stereocenters. The van der Waals surface area contributed by atoms with E-state index in [1.165, 1.54) is 0 Å². The number of halogens is 1. The van der Waals surface area contributed by atoms with E-state index in [-0.39, 0.29) is 0 Å². The van der Waals surface area contributed by atoms with Crippen LogP contribution in [0, 0.1) is 0 Å². The molecule has 2 aliphatic heterocycles. The van der Waals surface area contributed by atoms with Crippen LogP contribution in [0.25, 0.3) is 0 Å². The van der Waals surface area contributed by atoms with Crippen molar-refractivity contribution in [2.24, 2.45) is 0 Å². The van der Waals surface area contributed by atoms with Gasteiger partial charge in [-0.1, -0.05) is 29.8 Å². The quantitative estimate of drug-likeness (QED) is 0.785. The maximum atomic E-state index is 5.96. The van der Waals surface area contributed by atoms with Crippen molar-refractivity contribution in [3.8, 4) is 5.75 Å². The highest BCUT2D eigenvalue weighted by atomic mass is 35.5. The Morgan fingerprint density at radius 3 is 2.73 bits per heavy atom. The number of benzene rings is 2. The van der Waals surface area contributed by atoms with Gasteiger partial charge >= 0.3 is 0 Å². The number of anilines is 1. The minimum atomic E-state index is -0.425. The molecule has 6 heteroatoms. The number of thiocarbonyl (C=S) groups is 1. The van der Waals surface area contributed by atoms with Gasteiger partial charge in [0.15, 0.2) is 5.11 Å². The number of hydrogen-bond donors (Lipinski definition) is 2. The van der Waals surface area contributed by atoms with Crippen LogP contribution >= 0.6 is 23.8 Å². The minimum Gasteiger partial charge on any atom is -0.493 e. The number of fused-ring (bicyclic) bond motifs is 2. The van der Waals surface area contributed by atoms with E-state index in [1.807, 2.05) is 47.5 Å². The van der Waals surface area contributed by atoms with Gasteiger partial charge in [0.05, 0.1) is 12.3 Å². The van der Waals surface area contributed by atoms with Crippen molar-refractivity contribution in [3.05, 3.63) is 59.1 Å². The molecule has 0 aliphatic carbocycles. The molecule has 1 atom stereocenters. The molecule has 0 saturated carbocycles. The van der Waals surface area contributed by atoms with Gasteiger partial charge in [-0.25, -0.2) is 5.01 Å². The summed E-state index contributed by atoms with van der Waals surface area (Å²) in [6.07, 6.45) is 0.786. The Balaban J connectivity index is 1.72. The third-order valence-electron chi connectivity index (χ3n) is 3.99. The first kappa shape index (κ1) is 13.8. The summed E-state index contributed by atoms with van der Waals surface area (Å²) in [6.45, 7) is 0.633. The normalized spacial score (nSPS) is 23.1. The zero-order chi connectivity index (χ0) is 15.2. The zero-order valence-electron chi connectivity index (χ0n) is 11.7. The highest BCUT2D eigenvalue weighted by molar-refractivity contribution is 7.80. The van der Waals surface area contributed by atoms with Gasteiger partial charge in [0.25, 0.3) is 0 Å². The minimum absolute atomic E-state index is 0.425. The number of para-hydroxylation sites is 1. The summed E-state index contributed by atoms with van der Waals surface area (Å²) in [5.41, 5.74) is 5.10. The zero-order valence-corrected chi connectivity index (χ0v) is 13.2. The van der Waals surface area contributed by atoms with Gasteiger partial charge in [-0.05, 0) is 42.5 Å². The molecule has 2 aromatic rings. The molecule has 1 saturated heterocycles. The van der Waals surface area contributed by atoms with Crippen LogP contribution in [0.15, 0.2) is 48.5 Å². The lowest BCUT2D eigenvalue weighted by Gasteiger charge is -2.35. The van der Waals surface area contributed by atoms with E-state index in [0.29, 0.717) is 16.7 Å². The standard InChI is InChI=1S/C16H14ClN3OS/c17-11-5-7-12(8-6-11)20-15(22)18-16(19-20)9-10-21-14-4-2-1-3-13(14)16/h1-8,19H,9-10H2,(H,18,22). The van der Waals surface area contributed by atoms with E-state index >= 15 is 0 Å². The summed E-state index contributed by atoms with van der Waals surface area (Å²) in [5, 5.41) is 6.64. The van der Waals surface area contributed by atoms with Crippen LogP contribution in [0.5, 0.6) is 5.75 Å². The molecule has 4 rings (SSSR count). The highest BCUT2D eigenvalue weighted by Gasteiger charge is 2.45. The molecule has 0 radical (unpaired) electrons. The SMILES string of the molecule is S=C1NC2(CCOc3ccccc32)NN1c1ccc(Cl)cc1. The molecule has 4 nitrogen and oxygen atoms in total. The largest absolute Gasteiger partial charge is 0.493 e. The molecule has 1 spiro atoms. The maximum absolute atomic E-state index is 5.96. The fraction of sp³-hybridized carbons (Fsp3) is 0.188. The van der Waals surface area contributed by atoms with Gasteiger partial charge in [-0.2, -0.15) is 5.43 Å². The summed E-state index contributed by atoms with van der Waals surface area (Å²) in [6, 6.07) is 15.6. The first-order chi connectivity index (χ1) is 10.7. The molecular formula is C16H14ClN3OS. The molecule has 2 aliphatic rings. The van der Waals surface area contributed by atoms with Crippen LogP contribution in [0.4, 0.5) is 5.69 Å². The van der Waals surface area contributed by atoms with Gasteiger partial charge in [0, 0.05) is 17.0 Å². The Hall–Kier alpha value is -1.82. The second-order valence-electron chi connectivity index (χ2n) is 5.35. The Labute approximate surface area is 139 Å². The fourth-order valence-corrected chi connectivity index (χ4v) is 3.37. The summed E-state index contributed by atoms with van der Waals surface area (Å²) in [7, 11) is 0. The van der Waals surface area contributed by atoms with Crippen LogP contribution in [0.1, 0.15) is 12.0 Å². The van der Waals surface area contributed by atoms with Crippen molar-refractivity contribution in [1.29, 1.82) is 0 Å². The monoisotopic (exact) mass is 331 g/mol. The fourth-order valence-electron chi connectivity index (χ4n) is 2.92. The number of hydrazine groups is 1. The molecule has 22 heavy (non-hydrogen) atoms. The lowest BCUT2D eigenvalue weighted by molar-refractivity contribution is 0.186. The van der Waals surface area contributed by atoms with E-state index in [9.17, 15) is 0 Å². The Morgan fingerprint density at radius 2 is 1.91 bits per heavy atom. The molecule has 0 bridgehead atoms. The summed E-state index contributed by atoms with van der Waals surface area (Å²) in [4.78, 5) is 0. The van der Waals surface area contributed by atoms with Crippen LogP contribution in [0.2, 0.25) is 5.02 Å². The molecular weight excluding hydrogens is 318 g/mol. The van der Waals surface area contributed by atoms with Crippen molar-refractivity contribution in [1.82, 2.24) is 10.7 Å². The number of rotatable bonds is 1. The summed E-state index contributed by atoms with van der Waals surface area (Å²) >= 11 is 11.5. The predicted octanol–water partition coefficient (Wildman–Crippen LogP) is 3.17. The molecule has 1 fully saturated rings. The maximum Gasteiger partial charge on any atom is 0.190 e. The number of nitrogens with zero attached hydrogens (tertiary/aromatic N) is 1. The van der Waals surface area contributed by atoms with Crippen molar-refractivity contribution >= 4 is 34.6 Å². The van der Waals surface area contributed by atoms with Crippen molar-refractivity contribution in [2.75, 3.05) is 11.6 Å². The smallest absolute Gasteiger partial charge is 0.190 e. The molecule has 2 N–H and O–H groups in total. The van der Waals surface area contributed by atoms with Crippen LogP contribution in [-0.2, 0) is 5.66 Å². The van der Waals surface area contributed by atoms with Crippen molar-refractivity contribution in [2.45, 2.75) is 12.1 Å². The topological polar surface area (TPSA) is 36.5 Å². The van der Waals surface area contributed by atoms with Gasteiger partial charge in [0.2, 0.25) is 0 Å². The van der Waals surface area contributed by atoms with Crippen LogP contribution in [-0.4, -0.2) is 11.7 Å². The third kappa shape index (κ3) is 2.13. The lowest BCUT2D eigenvalue weighted by Crippen LogP contribution is -2.51. The number of hydrogen-bond acceptors (Lipinski definition) is 3. The molecule has 112 valence electrons. The van der Waals surface area contributed by atoms with Crippen molar-refractivity contribution < 1.29 is 4.74 Å². The highest BCUT2D eigenvalue weighted by Crippen LogP contribution is 2.38. The van der Waals surface area contributed by atoms with E-state index < -0.39 is 5.66 Å². The second kappa shape index (κ2) is 5.12. The predicted molar refractivity (Wildman–Crippen MR) is 91.0 cm³/mol. The molecule has 0 aromatic heterocycles. The van der Waals surface area contributed by atoms with E-state index in [1.54, 1.807) is 0 Å². The summed E-state index contributed by atoms with van der Waals surface area (Å²) < 4.78 is 5.74. The Bertz CT molecular complexity index is 736. The molecule has 0 amide bonds. The molecule has 2 heterocycles. The van der Waals surface area contributed by atoms with Gasteiger partial charge in [-0.3, -0.25) is 0 Å². The third-order valence-corrected chi connectivity index (χ3v) is 4.53. The Kier molecular flexibility index (Phi) is 3.22. The van der Waals surface area contributed by atoms with Gasteiger partial charge < -0.3 is 10.1 Å². The Morgan fingerprint density at radius 1 is 1.14 bits per heavy atom. The molecule has 2 aromatic carbocycles. The van der Waals surface area contributed by atoms with Gasteiger partial charge in [0.1, 0.15) is 11.4 Å². The number of ether oxygens (including phenoxy) is 1. The van der Waals surface area contributed by atoms with E-state index in [0.717, 1.165) is 23.4 Å². The number of nitrogens with one attached hydrogen (secondary N) is 2. The summed E-state index contributed by atoms with van der Waals surface area (Å²) in [5.74, 6) is 0.884. The first-order valence-electron chi connectivity index (χ1n) is 7.06. The average Bonchev–Trinajstić information content (AvgIpc) is 2.86. The van der Waals surface area contributed by atoms with Gasteiger partial charge in [-0.15, -0.1) is 0 Å². The van der Waals surface area contributed by atoms with Crippen LogP contribution in [0.3, 0.4) is 0 Å². The van der Waals surface area contributed by atoms with E-state index in [4.69, 9.17) is 28.6 Å². The second-order valence-corrected chi connectivity index (χ2v) is 6.18. The lowest BCUT2D eigenvalue weighted by atomic mass is 9.94. The van der Waals surface area contributed by atoms with E-state index in [2.05, 4.69) is 16.8 Å². The average molecular weight is 332 g/mol. The first-order valence-corrected chi connectivity index (χ1v) is 7.85. The van der Waals surface area contributed by atoms with Crippen LogP contribution < -0.4 is 20.5 Å².